The minimum Gasteiger partial charge on any atom is -0.462 e. The Bertz CT molecular complexity index is 1850. The lowest BCUT2D eigenvalue weighted by molar-refractivity contribution is -0.161. The largest absolute Gasteiger partial charge is 0.472 e. The van der Waals surface area contributed by atoms with E-state index in [9.17, 15) is 43.2 Å². The second kappa shape index (κ2) is 66.6. The average molecular weight is 1400 g/mol. The first-order valence-electron chi connectivity index (χ1n) is 39.4. The highest BCUT2D eigenvalue weighted by atomic mass is 31.2. The molecule has 0 aromatic carbocycles. The van der Waals surface area contributed by atoms with E-state index in [1.54, 1.807) is 0 Å². The third-order valence-electron chi connectivity index (χ3n) is 18.0. The summed E-state index contributed by atoms with van der Waals surface area (Å²) < 4.78 is 68.5. The molecule has 0 fully saturated rings. The van der Waals surface area contributed by atoms with E-state index in [2.05, 4.69) is 48.5 Å². The third kappa shape index (κ3) is 69.0. The Hall–Kier alpha value is -1.94. The van der Waals surface area contributed by atoms with Crippen molar-refractivity contribution in [3.8, 4) is 0 Å². The molecule has 0 aromatic rings. The van der Waals surface area contributed by atoms with Gasteiger partial charge in [0.05, 0.1) is 26.4 Å². The van der Waals surface area contributed by atoms with Crippen molar-refractivity contribution in [2.45, 2.75) is 407 Å². The highest BCUT2D eigenvalue weighted by Crippen LogP contribution is 2.45. The van der Waals surface area contributed by atoms with Crippen LogP contribution in [0.1, 0.15) is 389 Å². The van der Waals surface area contributed by atoms with E-state index in [0.717, 1.165) is 108 Å². The molecule has 0 aliphatic heterocycles. The number of hydrogen-bond acceptors (Lipinski definition) is 15. The van der Waals surface area contributed by atoms with Crippen LogP contribution >= 0.6 is 15.6 Å². The fraction of sp³-hybridized carbons (Fsp3) is 0.947. The summed E-state index contributed by atoms with van der Waals surface area (Å²) in [6, 6.07) is 0. The second-order valence-corrected chi connectivity index (χ2v) is 31.5. The summed E-state index contributed by atoms with van der Waals surface area (Å²) >= 11 is 0. The molecule has 0 bridgehead atoms. The smallest absolute Gasteiger partial charge is 0.462 e. The lowest BCUT2D eigenvalue weighted by atomic mass is 9.99. The molecule has 0 aromatic heterocycles. The van der Waals surface area contributed by atoms with Crippen molar-refractivity contribution in [1.29, 1.82) is 0 Å². The topological polar surface area (TPSA) is 237 Å². The van der Waals surface area contributed by atoms with Crippen molar-refractivity contribution in [2.24, 2.45) is 17.8 Å². The van der Waals surface area contributed by atoms with Gasteiger partial charge in [-0.05, 0) is 43.4 Å². The Kier molecular flexibility index (Phi) is 65.2. The lowest BCUT2D eigenvalue weighted by Crippen LogP contribution is -2.30. The molecule has 0 amide bonds. The lowest BCUT2D eigenvalue weighted by Gasteiger charge is -2.21. The second-order valence-electron chi connectivity index (χ2n) is 28.6. The molecular formula is C76H148O17P2. The van der Waals surface area contributed by atoms with Gasteiger partial charge in [-0.2, -0.15) is 0 Å². The van der Waals surface area contributed by atoms with Gasteiger partial charge in [-0.3, -0.25) is 37.3 Å². The molecule has 6 atom stereocenters. The molecule has 0 aliphatic rings. The van der Waals surface area contributed by atoms with Gasteiger partial charge in [0, 0.05) is 25.7 Å². The van der Waals surface area contributed by atoms with Gasteiger partial charge in [0.15, 0.2) is 12.2 Å². The molecule has 0 rings (SSSR count). The summed E-state index contributed by atoms with van der Waals surface area (Å²) in [7, 11) is -9.91. The third-order valence-corrected chi connectivity index (χ3v) is 19.9. The number of carbonyl (C=O) groups is 4. The van der Waals surface area contributed by atoms with Gasteiger partial charge in [0.1, 0.15) is 19.3 Å². The summed E-state index contributed by atoms with van der Waals surface area (Å²) in [5.41, 5.74) is 0. The maximum atomic E-state index is 13.1. The van der Waals surface area contributed by atoms with E-state index >= 15 is 0 Å². The quantitative estimate of drug-likeness (QED) is 0.0222. The van der Waals surface area contributed by atoms with E-state index in [-0.39, 0.29) is 25.7 Å². The van der Waals surface area contributed by atoms with Crippen LogP contribution in [0.15, 0.2) is 0 Å². The average Bonchev–Trinajstić information content (AvgIpc) is 3.75. The van der Waals surface area contributed by atoms with Gasteiger partial charge in [-0.25, -0.2) is 9.13 Å². The highest BCUT2D eigenvalue weighted by molar-refractivity contribution is 7.47. The maximum Gasteiger partial charge on any atom is 0.472 e. The minimum absolute atomic E-state index is 0.105. The van der Waals surface area contributed by atoms with Crippen molar-refractivity contribution in [2.75, 3.05) is 39.6 Å². The monoisotopic (exact) mass is 1400 g/mol. The normalized spacial score (nSPS) is 14.4. The van der Waals surface area contributed by atoms with Crippen LogP contribution in [0.2, 0.25) is 0 Å². The van der Waals surface area contributed by atoms with Crippen LogP contribution in [0.3, 0.4) is 0 Å². The van der Waals surface area contributed by atoms with Crippen LogP contribution in [0.5, 0.6) is 0 Å². The Morgan fingerprint density at radius 3 is 0.800 bits per heavy atom. The molecule has 95 heavy (non-hydrogen) atoms. The Morgan fingerprint density at radius 2 is 0.537 bits per heavy atom. The molecule has 3 unspecified atom stereocenters. The SMILES string of the molecule is CCCCCCCCCCCCCC(=O)OC[C@H](COP(=O)(O)OC[C@H](O)COP(=O)(O)OC[C@@H](COC(=O)CCCCCCCCCCC(C)CC)OC(=O)CCCCCCCCCCCCCCCCCCCCC(C)C)OC(=O)CCCCCCCCCCC(C)C. The molecule has 17 nitrogen and oxygen atoms in total. The zero-order valence-electron chi connectivity index (χ0n) is 62.1. The van der Waals surface area contributed by atoms with Crippen molar-refractivity contribution in [3.05, 3.63) is 0 Å². The molecule has 564 valence electrons. The van der Waals surface area contributed by atoms with E-state index in [1.807, 2.05) is 0 Å². The number of phosphoric acid groups is 2. The molecule has 0 heterocycles. The number of hydrogen-bond donors (Lipinski definition) is 3. The number of phosphoric ester groups is 2. The highest BCUT2D eigenvalue weighted by Gasteiger charge is 2.30. The summed E-state index contributed by atoms with van der Waals surface area (Å²) in [4.78, 5) is 72.8. The summed E-state index contributed by atoms with van der Waals surface area (Å²) in [5, 5.41) is 10.6. The van der Waals surface area contributed by atoms with E-state index in [4.69, 9.17) is 37.0 Å². The molecule has 0 saturated carbocycles. The Balaban J connectivity index is 5.20. The van der Waals surface area contributed by atoms with Crippen molar-refractivity contribution in [1.82, 2.24) is 0 Å². The first kappa shape index (κ1) is 93.1. The van der Waals surface area contributed by atoms with Gasteiger partial charge < -0.3 is 33.8 Å². The van der Waals surface area contributed by atoms with Crippen molar-refractivity contribution < 1.29 is 80.2 Å². The van der Waals surface area contributed by atoms with Crippen LogP contribution in [0.25, 0.3) is 0 Å². The standard InChI is InChI=1S/C76H148O17P2/c1-8-10-11-12-13-14-23-27-36-43-50-57-73(78)86-63-72(93-76(81)60-53-46-39-31-29-34-41-48-55-68(5)6)66-91-95(84,85)89-62-70(77)61-88-94(82,83)90-65-71(64-87-74(79)58-51-44-37-32-30-35-42-49-56-69(7)9-2)92-75(80)59-52-45-38-28-25-22-20-18-16-15-17-19-21-24-26-33-40-47-54-67(3)4/h67-72,77H,8-66H2,1-7H3,(H,82,83)(H,84,85)/t69?,70-,71-,72-/m1/s1. The van der Waals surface area contributed by atoms with Gasteiger partial charge >= 0.3 is 39.5 Å². The zero-order valence-corrected chi connectivity index (χ0v) is 63.9. The number of ether oxygens (including phenoxy) is 4. The molecule has 0 spiro atoms. The molecule has 0 saturated heterocycles. The number of esters is 4. The van der Waals surface area contributed by atoms with Crippen LogP contribution < -0.4 is 0 Å². The molecule has 3 N–H and O–H groups in total. The predicted molar refractivity (Wildman–Crippen MR) is 386 cm³/mol. The molecular weight excluding hydrogens is 1250 g/mol. The van der Waals surface area contributed by atoms with Gasteiger partial charge in [0.25, 0.3) is 0 Å². The molecule has 19 heteroatoms. The number of rotatable bonds is 74. The van der Waals surface area contributed by atoms with Crippen LogP contribution in [0, 0.1) is 17.8 Å². The van der Waals surface area contributed by atoms with E-state index < -0.39 is 97.5 Å². The van der Waals surface area contributed by atoms with E-state index in [0.29, 0.717) is 25.7 Å². The summed E-state index contributed by atoms with van der Waals surface area (Å²) in [5.74, 6) is 0.196. The number of carbonyl (C=O) groups excluding carboxylic acids is 4. The number of unbranched alkanes of at least 4 members (excludes halogenated alkanes) is 41. The van der Waals surface area contributed by atoms with Crippen molar-refractivity contribution >= 4 is 39.5 Å². The first-order valence-corrected chi connectivity index (χ1v) is 42.4. The number of aliphatic hydroxyl groups excluding tert-OH is 1. The Morgan fingerprint density at radius 1 is 0.305 bits per heavy atom. The first-order chi connectivity index (χ1) is 45.8. The van der Waals surface area contributed by atoms with E-state index in [1.165, 1.54) is 199 Å². The Labute approximate surface area is 581 Å². The molecule has 0 aliphatic carbocycles. The molecule has 0 radical (unpaired) electrons. The van der Waals surface area contributed by atoms with Gasteiger partial charge in [-0.15, -0.1) is 0 Å². The summed E-state index contributed by atoms with van der Waals surface area (Å²) in [6.07, 6.45) is 52.8. The van der Waals surface area contributed by atoms with Crippen molar-refractivity contribution in [3.63, 3.8) is 0 Å². The van der Waals surface area contributed by atoms with Gasteiger partial charge in [0.2, 0.25) is 0 Å². The number of aliphatic hydroxyl groups is 1. The zero-order chi connectivity index (χ0) is 70.1. The van der Waals surface area contributed by atoms with Crippen LogP contribution in [0.4, 0.5) is 0 Å². The maximum absolute atomic E-state index is 13.1. The van der Waals surface area contributed by atoms with Gasteiger partial charge in [-0.1, -0.05) is 337 Å². The minimum atomic E-state index is -4.96. The summed E-state index contributed by atoms with van der Waals surface area (Å²) in [6.45, 7) is 11.9. The fourth-order valence-electron chi connectivity index (χ4n) is 11.6. The predicted octanol–water partition coefficient (Wildman–Crippen LogP) is 22.2. The fourth-order valence-corrected chi connectivity index (χ4v) is 13.1. The van der Waals surface area contributed by atoms with Crippen LogP contribution in [-0.4, -0.2) is 96.7 Å². The van der Waals surface area contributed by atoms with Crippen LogP contribution in [-0.2, 0) is 65.4 Å².